The van der Waals surface area contributed by atoms with E-state index >= 15 is 0 Å². The Morgan fingerprint density at radius 3 is 2.37 bits per heavy atom. The average Bonchev–Trinajstić information content (AvgIpc) is 2.90. The summed E-state index contributed by atoms with van der Waals surface area (Å²) in [4.78, 5) is 56.6. The Bertz CT molecular complexity index is 992. The number of nitrogens with one attached hydrogen (secondary N) is 3. The number of carbonyl (C=O) groups excluding carboxylic acids is 4. The molecule has 2 aliphatic rings. The van der Waals surface area contributed by atoms with E-state index in [-0.39, 0.29) is 36.8 Å². The van der Waals surface area contributed by atoms with Crippen LogP contribution in [0.2, 0.25) is 0 Å². The summed E-state index contributed by atoms with van der Waals surface area (Å²) in [6.45, 7) is 10.8. The molecule has 2 aliphatic heterocycles. The van der Waals surface area contributed by atoms with Gasteiger partial charge in [-0.05, 0) is 37.9 Å². The van der Waals surface area contributed by atoms with Crippen LogP contribution in [0.5, 0.6) is 5.75 Å². The first kappa shape index (κ1) is 29.4. The molecule has 11 heteroatoms. The summed E-state index contributed by atoms with van der Waals surface area (Å²) in [7, 11) is 0. The molecule has 1 aromatic rings. The Labute approximate surface area is 224 Å². The molecule has 38 heavy (non-hydrogen) atoms. The second-order valence-electron chi connectivity index (χ2n) is 10.3. The first-order valence-electron chi connectivity index (χ1n) is 13.4. The summed E-state index contributed by atoms with van der Waals surface area (Å²) < 4.78 is 5.98. The number of likely N-dealkylation sites (N-methyl/N-ethyl adjacent to an activating group) is 1. The highest BCUT2D eigenvalue weighted by Crippen LogP contribution is 2.20. The van der Waals surface area contributed by atoms with Gasteiger partial charge in [0.1, 0.15) is 24.4 Å². The van der Waals surface area contributed by atoms with Crippen molar-refractivity contribution in [3.63, 3.8) is 0 Å². The Morgan fingerprint density at radius 2 is 1.74 bits per heavy atom. The molecule has 0 bridgehead atoms. The molecule has 1 saturated heterocycles. The van der Waals surface area contributed by atoms with Gasteiger partial charge in [0.15, 0.2) is 0 Å². The van der Waals surface area contributed by atoms with E-state index in [0.29, 0.717) is 18.8 Å². The number of hydrogen-bond acceptors (Lipinski definition) is 7. The van der Waals surface area contributed by atoms with Gasteiger partial charge in [0.2, 0.25) is 17.7 Å². The van der Waals surface area contributed by atoms with Gasteiger partial charge < -0.3 is 35.6 Å². The average molecular weight is 532 g/mol. The summed E-state index contributed by atoms with van der Waals surface area (Å²) in [6, 6.07) is 4.16. The molecule has 0 saturated carbocycles. The topological polar surface area (TPSA) is 140 Å². The number of carbonyl (C=O) groups is 4. The number of ether oxygens (including phenoxy) is 1. The molecule has 1 aromatic carbocycles. The summed E-state index contributed by atoms with van der Waals surface area (Å²) in [5, 5.41) is 18.5. The van der Waals surface area contributed by atoms with E-state index in [1.165, 1.54) is 6.92 Å². The maximum Gasteiger partial charge on any atom is 0.255 e. The minimum atomic E-state index is -1.17. The normalized spacial score (nSPS) is 25.2. The zero-order valence-corrected chi connectivity index (χ0v) is 22.7. The molecule has 0 spiro atoms. The third-order valence-corrected chi connectivity index (χ3v) is 7.16. The monoisotopic (exact) mass is 531 g/mol. The van der Waals surface area contributed by atoms with Gasteiger partial charge >= 0.3 is 0 Å². The number of aliphatic hydroxyl groups excluding tert-OH is 1. The van der Waals surface area contributed by atoms with Gasteiger partial charge in [-0.3, -0.25) is 19.2 Å². The highest BCUT2D eigenvalue weighted by atomic mass is 16.5. The van der Waals surface area contributed by atoms with Gasteiger partial charge in [-0.15, -0.1) is 0 Å². The lowest BCUT2D eigenvalue weighted by atomic mass is 10.0. The number of hydrogen-bond donors (Lipinski definition) is 4. The molecule has 210 valence electrons. The van der Waals surface area contributed by atoms with Crippen LogP contribution in [-0.2, 0) is 14.4 Å². The number of aliphatic hydroxyl groups is 1. The molecule has 0 aliphatic carbocycles. The van der Waals surface area contributed by atoms with Crippen molar-refractivity contribution in [1.82, 2.24) is 25.8 Å². The van der Waals surface area contributed by atoms with Gasteiger partial charge in [0, 0.05) is 32.6 Å². The highest BCUT2D eigenvalue weighted by Gasteiger charge is 2.32. The van der Waals surface area contributed by atoms with E-state index in [9.17, 15) is 24.3 Å². The maximum atomic E-state index is 13.5. The molecule has 3 rings (SSSR count). The molecule has 0 aromatic heterocycles. The predicted molar refractivity (Wildman–Crippen MR) is 141 cm³/mol. The number of benzene rings is 1. The first-order valence-corrected chi connectivity index (χ1v) is 13.4. The first-order chi connectivity index (χ1) is 18.1. The SMILES string of the molecule is CCN1CCN(C(=O)[C@@H]2CCC(=O)N[C@@H]([C@@H](C)O)C(=O)N[C@@H](C(C)C)COc3ccccc3C(=O)N2)CC1. The fourth-order valence-electron chi connectivity index (χ4n) is 4.56. The van der Waals surface area contributed by atoms with Crippen LogP contribution >= 0.6 is 0 Å². The van der Waals surface area contributed by atoms with Crippen LogP contribution in [0, 0.1) is 5.92 Å². The van der Waals surface area contributed by atoms with E-state index in [4.69, 9.17) is 4.74 Å². The lowest BCUT2D eigenvalue weighted by Gasteiger charge is -2.36. The maximum absolute atomic E-state index is 13.5. The molecular weight excluding hydrogens is 490 g/mol. The number of fused-ring (bicyclic) bond motifs is 1. The van der Waals surface area contributed by atoms with Crippen molar-refractivity contribution in [3.05, 3.63) is 29.8 Å². The Kier molecular flexibility index (Phi) is 10.5. The van der Waals surface area contributed by atoms with Crippen molar-refractivity contribution >= 4 is 23.6 Å². The van der Waals surface area contributed by atoms with Crippen molar-refractivity contribution in [2.75, 3.05) is 39.3 Å². The summed E-state index contributed by atoms with van der Waals surface area (Å²) in [5.41, 5.74) is 0.260. The molecule has 1 fully saturated rings. The fraction of sp³-hybridized carbons (Fsp3) is 0.630. The minimum Gasteiger partial charge on any atom is -0.491 e. The van der Waals surface area contributed by atoms with Crippen LogP contribution in [0.15, 0.2) is 24.3 Å². The van der Waals surface area contributed by atoms with Crippen molar-refractivity contribution in [2.24, 2.45) is 5.92 Å². The van der Waals surface area contributed by atoms with Crippen molar-refractivity contribution in [3.8, 4) is 5.75 Å². The van der Waals surface area contributed by atoms with Crippen molar-refractivity contribution in [1.29, 1.82) is 0 Å². The number of rotatable bonds is 4. The third-order valence-electron chi connectivity index (χ3n) is 7.16. The molecule has 0 radical (unpaired) electrons. The van der Waals surface area contributed by atoms with E-state index in [2.05, 4.69) is 27.8 Å². The summed E-state index contributed by atoms with van der Waals surface area (Å²) >= 11 is 0. The Hall–Kier alpha value is -3.18. The predicted octanol–water partition coefficient (Wildman–Crippen LogP) is 0.128. The number of nitrogens with zero attached hydrogens (tertiary/aromatic N) is 2. The summed E-state index contributed by atoms with van der Waals surface area (Å²) in [6.07, 6.45) is -1.22. The molecule has 11 nitrogen and oxygen atoms in total. The van der Waals surface area contributed by atoms with Crippen LogP contribution in [-0.4, -0.2) is 102 Å². The molecule has 4 N–H and O–H groups in total. The third kappa shape index (κ3) is 7.67. The smallest absolute Gasteiger partial charge is 0.255 e. The second-order valence-corrected chi connectivity index (χ2v) is 10.3. The molecular formula is C27H41N5O6. The van der Waals surface area contributed by atoms with Crippen LogP contribution < -0.4 is 20.7 Å². The largest absolute Gasteiger partial charge is 0.491 e. The summed E-state index contributed by atoms with van der Waals surface area (Å²) in [5.74, 6) is -1.47. The second kappa shape index (κ2) is 13.6. The Morgan fingerprint density at radius 1 is 1.05 bits per heavy atom. The van der Waals surface area contributed by atoms with Gasteiger partial charge in [0.05, 0.1) is 17.7 Å². The van der Waals surface area contributed by atoms with Crippen LogP contribution in [0.3, 0.4) is 0 Å². The molecule has 4 atom stereocenters. The number of para-hydroxylation sites is 1. The van der Waals surface area contributed by atoms with Crippen LogP contribution in [0.4, 0.5) is 0 Å². The zero-order valence-electron chi connectivity index (χ0n) is 22.7. The Balaban J connectivity index is 1.90. The van der Waals surface area contributed by atoms with Gasteiger partial charge in [-0.1, -0.05) is 32.9 Å². The fourth-order valence-corrected chi connectivity index (χ4v) is 4.56. The minimum absolute atomic E-state index is 0.0313. The molecule has 4 amide bonds. The lowest BCUT2D eigenvalue weighted by Crippen LogP contribution is -2.56. The number of amides is 4. The van der Waals surface area contributed by atoms with E-state index in [1.807, 2.05) is 13.8 Å². The van der Waals surface area contributed by atoms with Gasteiger partial charge in [-0.2, -0.15) is 0 Å². The van der Waals surface area contributed by atoms with Gasteiger partial charge in [-0.25, -0.2) is 0 Å². The lowest BCUT2D eigenvalue weighted by molar-refractivity contribution is -0.136. The van der Waals surface area contributed by atoms with E-state index in [0.717, 1.165) is 19.6 Å². The van der Waals surface area contributed by atoms with Crippen molar-refractivity contribution in [2.45, 2.75) is 64.8 Å². The van der Waals surface area contributed by atoms with Crippen LogP contribution in [0.25, 0.3) is 0 Å². The molecule has 0 unspecified atom stereocenters. The highest BCUT2D eigenvalue weighted by molar-refractivity contribution is 6.00. The van der Waals surface area contributed by atoms with E-state index < -0.39 is 42.0 Å². The molecule has 2 heterocycles. The van der Waals surface area contributed by atoms with Crippen molar-refractivity contribution < 1.29 is 29.0 Å². The van der Waals surface area contributed by atoms with Gasteiger partial charge in [0.25, 0.3) is 5.91 Å². The quantitative estimate of drug-likeness (QED) is 0.433. The van der Waals surface area contributed by atoms with E-state index in [1.54, 1.807) is 29.2 Å². The zero-order chi connectivity index (χ0) is 27.8. The number of piperazine rings is 1. The standard InChI is InChI=1S/C27H41N5O6/c1-5-31-12-14-32(15-13-31)27(37)20-10-11-23(34)30-24(18(4)33)26(36)29-21(17(2)3)16-38-22-9-7-6-8-19(22)25(35)28-20/h6-9,17-18,20-21,24,33H,5,10-16H2,1-4H3,(H,28,35)(H,29,36)(H,30,34)/t18-,20+,21-,24+/m1/s1. The van der Waals surface area contributed by atoms with Crippen LogP contribution in [0.1, 0.15) is 50.9 Å².